The smallest absolute Gasteiger partial charge is 0.299 e. The third-order valence-corrected chi connectivity index (χ3v) is 9.99. The number of halogens is 6. The predicted molar refractivity (Wildman–Crippen MR) is 152 cm³/mol. The summed E-state index contributed by atoms with van der Waals surface area (Å²) in [7, 11) is -4.69. The number of benzene rings is 3. The topological polar surface area (TPSA) is 118 Å². The van der Waals surface area contributed by atoms with Crippen LogP contribution in [-0.2, 0) is 19.9 Å². The minimum absolute atomic E-state index is 0.0149. The van der Waals surface area contributed by atoms with Gasteiger partial charge >= 0.3 is 0 Å². The zero-order valence-corrected chi connectivity index (χ0v) is 26.7. The van der Waals surface area contributed by atoms with Gasteiger partial charge in [0.2, 0.25) is 0 Å². The molecule has 1 aliphatic heterocycles. The van der Waals surface area contributed by atoms with Crippen LogP contribution in [0.15, 0.2) is 59.2 Å². The summed E-state index contributed by atoms with van der Waals surface area (Å²) >= 11 is 24.6. The fourth-order valence-electron chi connectivity index (χ4n) is 4.13. The lowest BCUT2D eigenvalue weighted by molar-refractivity contribution is 0.0982. The van der Waals surface area contributed by atoms with Gasteiger partial charge in [0.1, 0.15) is 16.4 Å². The monoisotopic (exact) mass is 818 g/mol. The minimum atomic E-state index is -4.69. The van der Waals surface area contributed by atoms with Crippen LogP contribution in [0.4, 0.5) is 0 Å². The highest BCUT2D eigenvalue weighted by Gasteiger charge is 2.54. The van der Waals surface area contributed by atoms with Crippen LogP contribution in [0.25, 0.3) is 0 Å². The third kappa shape index (κ3) is 4.71. The van der Waals surface area contributed by atoms with Crippen LogP contribution in [0.2, 0.25) is 0 Å². The first-order valence-corrected chi connectivity index (χ1v) is 15.6. The number of fused-ring (bicyclic) bond motifs is 1. The number of aromatic hydroxyl groups is 2. The second kappa shape index (κ2) is 10.5. The van der Waals surface area contributed by atoms with Gasteiger partial charge in [0.05, 0.1) is 35.2 Å². The number of hydrogen-bond acceptors (Lipinski definition) is 7. The molecule has 14 heteroatoms. The Morgan fingerprint density at radius 1 is 0.811 bits per heavy atom. The van der Waals surface area contributed by atoms with Gasteiger partial charge in [-0.05, 0) is 99.1 Å². The summed E-state index contributed by atoms with van der Waals surface area (Å²) in [5.74, 6) is -2.87. The van der Waals surface area contributed by atoms with Gasteiger partial charge in [0, 0.05) is 11.1 Å². The van der Waals surface area contributed by atoms with Crippen LogP contribution in [0, 0.1) is 0 Å². The molecule has 3 aromatic carbocycles. The van der Waals surface area contributed by atoms with Gasteiger partial charge < -0.3 is 10.2 Å². The van der Waals surface area contributed by atoms with E-state index in [1.165, 1.54) is 36.4 Å². The van der Waals surface area contributed by atoms with Crippen molar-refractivity contribution >= 4 is 109 Å². The van der Waals surface area contributed by atoms with E-state index < -0.39 is 49.5 Å². The molecular weight excluding hydrogens is 811 g/mol. The number of phenolic OH excluding ortho intramolecular Hbond substituents is 2. The first-order chi connectivity index (χ1) is 17.3. The summed E-state index contributed by atoms with van der Waals surface area (Å²) < 4.78 is 34.1. The number of carbonyl (C=O) groups is 2. The van der Waals surface area contributed by atoms with E-state index >= 15 is 0 Å². The molecular formula is C23H12Br4Cl2O7S. The van der Waals surface area contributed by atoms with Crippen molar-refractivity contribution in [2.45, 2.75) is 10.5 Å². The lowest BCUT2D eigenvalue weighted by atomic mass is 9.79. The van der Waals surface area contributed by atoms with Crippen LogP contribution in [0.1, 0.15) is 37.4 Å². The van der Waals surface area contributed by atoms with Gasteiger partial charge in [-0.3, -0.25) is 9.59 Å². The normalized spacial score (nSPS) is 15.4. The minimum Gasteiger partial charge on any atom is -0.506 e. The molecule has 0 bridgehead atoms. The fourth-order valence-corrected chi connectivity index (χ4v) is 8.43. The summed E-state index contributed by atoms with van der Waals surface area (Å²) in [5.41, 5.74) is -2.07. The Kier molecular flexibility index (Phi) is 8.26. The van der Waals surface area contributed by atoms with Crippen LogP contribution < -0.4 is 0 Å². The van der Waals surface area contributed by atoms with Crippen molar-refractivity contribution in [1.29, 1.82) is 0 Å². The van der Waals surface area contributed by atoms with E-state index in [4.69, 9.17) is 27.4 Å². The number of carbonyl (C=O) groups excluding carboxylic acids is 2. The van der Waals surface area contributed by atoms with E-state index in [1.54, 1.807) is 0 Å². The lowest BCUT2D eigenvalue weighted by Crippen LogP contribution is -2.30. The number of Topliss-reactive ketones (excluding diaryl/α,β-unsaturated/α-hetero) is 2. The molecule has 7 nitrogen and oxygen atoms in total. The molecule has 4 rings (SSSR count). The van der Waals surface area contributed by atoms with Gasteiger partial charge in [-0.25, -0.2) is 4.18 Å². The van der Waals surface area contributed by atoms with E-state index in [0.29, 0.717) is 0 Å². The maximum atomic E-state index is 13.7. The van der Waals surface area contributed by atoms with Gasteiger partial charge in [0.25, 0.3) is 10.1 Å². The molecule has 194 valence electrons. The van der Waals surface area contributed by atoms with Crippen molar-refractivity contribution in [3.8, 4) is 11.5 Å². The molecule has 0 saturated heterocycles. The van der Waals surface area contributed by atoms with Crippen molar-refractivity contribution in [2.75, 3.05) is 11.8 Å². The molecule has 0 unspecified atom stereocenters. The van der Waals surface area contributed by atoms with E-state index in [-0.39, 0.29) is 51.6 Å². The molecule has 0 fully saturated rings. The average molecular weight is 823 g/mol. The van der Waals surface area contributed by atoms with Crippen LogP contribution in [0.3, 0.4) is 0 Å². The van der Waals surface area contributed by atoms with Crippen molar-refractivity contribution < 1.29 is 32.4 Å². The number of rotatable bonds is 6. The molecule has 2 N–H and O–H groups in total. The second-order valence-electron chi connectivity index (χ2n) is 7.77. The largest absolute Gasteiger partial charge is 0.506 e. The summed E-state index contributed by atoms with van der Waals surface area (Å²) in [5, 5.41) is 20.6. The molecule has 37 heavy (non-hydrogen) atoms. The maximum absolute atomic E-state index is 13.7. The SMILES string of the molecule is O=C(CCl)c1ccc2c(c1C(=O)CCl)S(=O)(=O)OC2(c1cc(Br)c(O)c(Br)c1)c1cc(Br)c(O)c(Br)c1. The fraction of sp³-hybridized carbons (Fsp3) is 0.130. The molecule has 0 atom stereocenters. The summed E-state index contributed by atoms with van der Waals surface area (Å²) in [4.78, 5) is 25.0. The van der Waals surface area contributed by atoms with Crippen molar-refractivity contribution in [1.82, 2.24) is 0 Å². The van der Waals surface area contributed by atoms with Crippen molar-refractivity contribution in [3.05, 3.63) is 82.1 Å². The van der Waals surface area contributed by atoms with E-state index in [9.17, 15) is 28.2 Å². The van der Waals surface area contributed by atoms with Gasteiger partial charge in [-0.2, -0.15) is 8.42 Å². The molecule has 0 amide bonds. The van der Waals surface area contributed by atoms with Gasteiger partial charge in [0.15, 0.2) is 17.2 Å². The Morgan fingerprint density at radius 3 is 1.65 bits per heavy atom. The predicted octanol–water partition coefficient (Wildman–Crippen LogP) is 7.00. The number of alkyl halides is 2. The van der Waals surface area contributed by atoms with Crippen molar-refractivity contribution in [3.63, 3.8) is 0 Å². The zero-order chi connectivity index (χ0) is 27.4. The van der Waals surface area contributed by atoms with Gasteiger partial charge in [-0.1, -0.05) is 12.1 Å². The van der Waals surface area contributed by atoms with Gasteiger partial charge in [-0.15, -0.1) is 23.2 Å². The first-order valence-electron chi connectivity index (χ1n) is 9.98. The van der Waals surface area contributed by atoms with Crippen molar-refractivity contribution in [2.24, 2.45) is 0 Å². The molecule has 0 saturated carbocycles. The quantitative estimate of drug-likeness (QED) is 0.156. The van der Waals surface area contributed by atoms with E-state index in [1.807, 2.05) is 0 Å². The summed E-state index contributed by atoms with van der Waals surface area (Å²) in [6, 6.07) is 8.51. The molecule has 1 aliphatic rings. The standard InChI is InChI=1S/C23H12Br4Cl2O7S/c24-13-3-9(4-14(25)20(13)32)23(10-5-15(26)21(33)16(27)6-10)12-2-1-11(17(30)7-28)19(18(31)8-29)22(12)37(34,35)36-23/h1-6,32-33H,7-8H2. The molecule has 0 aliphatic carbocycles. The second-order valence-corrected chi connectivity index (χ2v) is 13.2. The zero-order valence-electron chi connectivity index (χ0n) is 18.0. The van der Waals surface area contributed by atoms with E-state index in [0.717, 1.165) is 0 Å². The molecule has 3 aromatic rings. The Bertz CT molecular complexity index is 1510. The average Bonchev–Trinajstić information content (AvgIpc) is 3.11. The highest BCUT2D eigenvalue weighted by molar-refractivity contribution is 9.11. The van der Waals surface area contributed by atoms with E-state index in [2.05, 4.69) is 63.7 Å². The molecule has 0 aromatic heterocycles. The van der Waals surface area contributed by atoms with Crippen LogP contribution in [-0.4, -0.2) is 42.0 Å². The Hall–Kier alpha value is -0.990. The maximum Gasteiger partial charge on any atom is 0.299 e. The Labute approximate surface area is 254 Å². The first kappa shape index (κ1) is 29.0. The number of phenols is 2. The Morgan fingerprint density at radius 2 is 1.24 bits per heavy atom. The molecule has 0 spiro atoms. The third-order valence-electron chi connectivity index (χ3n) is 5.69. The van der Waals surface area contributed by atoms with Crippen LogP contribution >= 0.6 is 86.9 Å². The highest BCUT2D eigenvalue weighted by atomic mass is 79.9. The summed E-state index contributed by atoms with van der Waals surface area (Å²) in [6.07, 6.45) is 0. The summed E-state index contributed by atoms with van der Waals surface area (Å²) in [6.45, 7) is 0. The molecule has 1 heterocycles. The lowest BCUT2D eigenvalue weighted by Gasteiger charge is -2.30. The molecule has 0 radical (unpaired) electrons. The number of ketones is 2. The number of hydrogen-bond donors (Lipinski definition) is 2. The Balaban J connectivity index is 2.24. The highest BCUT2D eigenvalue weighted by Crippen LogP contribution is 2.55. The van der Waals surface area contributed by atoms with Crippen LogP contribution in [0.5, 0.6) is 11.5 Å².